The Morgan fingerprint density at radius 1 is 0.971 bits per heavy atom. The maximum atomic E-state index is 13.2. The van der Waals surface area contributed by atoms with Crippen LogP contribution in [0.25, 0.3) is 10.9 Å². The van der Waals surface area contributed by atoms with E-state index in [1.165, 1.54) is 30.5 Å². The average Bonchev–Trinajstić information content (AvgIpc) is 2.99. The number of nitrogens with one attached hydrogen (secondary N) is 1. The Bertz CT molecular complexity index is 1360. The van der Waals surface area contributed by atoms with Crippen LogP contribution in [0, 0.1) is 10.1 Å². The molecular weight excluding hydrogens is 472 g/mol. The Morgan fingerprint density at radius 3 is 2.29 bits per heavy atom. The number of sulfone groups is 1. The van der Waals surface area contributed by atoms with Crippen LogP contribution in [0.15, 0.2) is 59.6 Å². The molecule has 1 saturated heterocycles. The predicted molar refractivity (Wildman–Crippen MR) is 131 cm³/mol. The first-order valence-electron chi connectivity index (χ1n) is 11.4. The number of hydrogen-bond acceptors (Lipinski definition) is 6. The largest absolute Gasteiger partial charge is 0.341 e. The molecule has 0 spiro atoms. The Kier molecular flexibility index (Phi) is 7.15. The van der Waals surface area contributed by atoms with Gasteiger partial charge in [0, 0.05) is 48.0 Å². The third-order valence-electron chi connectivity index (χ3n) is 6.03. The minimum absolute atomic E-state index is 0.0179. The van der Waals surface area contributed by atoms with Gasteiger partial charge in [0.15, 0.2) is 9.84 Å². The highest BCUT2D eigenvalue weighted by molar-refractivity contribution is 7.92. The van der Waals surface area contributed by atoms with Crippen molar-refractivity contribution in [2.75, 3.05) is 24.2 Å². The molecule has 1 aromatic heterocycles. The van der Waals surface area contributed by atoms with Crippen LogP contribution in [0.2, 0.25) is 0 Å². The zero-order valence-electron chi connectivity index (χ0n) is 19.1. The summed E-state index contributed by atoms with van der Waals surface area (Å²) in [5.41, 5.74) is 0.712. The van der Waals surface area contributed by atoms with Crippen LogP contribution in [0.4, 0.5) is 11.4 Å². The predicted octanol–water partition coefficient (Wildman–Crippen LogP) is 3.36. The quantitative estimate of drug-likeness (QED) is 0.392. The molecule has 1 fully saturated rings. The highest BCUT2D eigenvalue weighted by Crippen LogP contribution is 2.27. The van der Waals surface area contributed by atoms with Gasteiger partial charge in [-0.25, -0.2) is 8.42 Å². The van der Waals surface area contributed by atoms with Crippen molar-refractivity contribution in [3.05, 3.63) is 64.8 Å². The second kappa shape index (κ2) is 10.3. The number of nitrogens with zero attached hydrogens (tertiary/aromatic N) is 3. The number of nitro benzene ring substituents is 1. The van der Waals surface area contributed by atoms with Crippen LogP contribution in [0.5, 0.6) is 0 Å². The van der Waals surface area contributed by atoms with Crippen LogP contribution in [-0.2, 0) is 26.0 Å². The van der Waals surface area contributed by atoms with Crippen LogP contribution in [0.1, 0.15) is 25.7 Å². The first-order chi connectivity index (χ1) is 16.7. The maximum absolute atomic E-state index is 13.2. The SMILES string of the molecule is O=C(CS(=O)(=O)c1cn(CC(=O)N2CCCCCC2)c2ccccc12)Nc1ccc([N+](=O)[O-])cc1. The summed E-state index contributed by atoms with van der Waals surface area (Å²) in [5, 5.41) is 13.7. The molecular formula is C24H26N4O6S. The number of aromatic nitrogens is 1. The summed E-state index contributed by atoms with van der Waals surface area (Å²) in [6, 6.07) is 12.0. The van der Waals surface area contributed by atoms with Gasteiger partial charge < -0.3 is 14.8 Å². The van der Waals surface area contributed by atoms with Crippen LogP contribution in [-0.4, -0.2) is 53.5 Å². The summed E-state index contributed by atoms with van der Waals surface area (Å²) in [5.74, 6) is -1.64. The molecule has 184 valence electrons. The summed E-state index contributed by atoms with van der Waals surface area (Å²) >= 11 is 0. The normalized spacial score (nSPS) is 14.5. The number of para-hydroxylation sites is 1. The second-order valence-corrected chi connectivity index (χ2v) is 10.5. The number of hydrogen-bond donors (Lipinski definition) is 1. The molecule has 2 amide bonds. The van der Waals surface area contributed by atoms with Gasteiger partial charge in [0.1, 0.15) is 12.3 Å². The molecule has 3 aromatic rings. The number of anilines is 1. The van der Waals surface area contributed by atoms with Crippen molar-refractivity contribution in [1.29, 1.82) is 0 Å². The first kappa shape index (κ1) is 24.4. The van der Waals surface area contributed by atoms with Crippen molar-refractivity contribution in [2.24, 2.45) is 0 Å². The van der Waals surface area contributed by atoms with E-state index in [0.717, 1.165) is 25.7 Å². The fourth-order valence-corrected chi connectivity index (χ4v) is 5.64. The standard InChI is InChI=1S/C24H26N4O6S/c29-23(25-18-9-11-19(12-10-18)28(31)32)17-35(33,34)22-15-27(21-8-4-3-7-20(21)22)16-24(30)26-13-5-1-2-6-14-26/h3-4,7-12,15H,1-2,5-6,13-14,16-17H2,(H,25,29). The maximum Gasteiger partial charge on any atom is 0.269 e. The molecule has 0 atom stereocenters. The first-order valence-corrected chi connectivity index (χ1v) is 13.0. The Hall–Kier alpha value is -3.73. The molecule has 11 heteroatoms. The second-order valence-electron chi connectivity index (χ2n) is 8.54. The van der Waals surface area contributed by atoms with E-state index in [4.69, 9.17) is 0 Å². The molecule has 10 nitrogen and oxygen atoms in total. The van der Waals surface area contributed by atoms with Crippen molar-refractivity contribution < 1.29 is 22.9 Å². The Labute approximate surface area is 202 Å². The molecule has 0 bridgehead atoms. The monoisotopic (exact) mass is 498 g/mol. The third-order valence-corrected chi connectivity index (χ3v) is 7.67. The van der Waals surface area contributed by atoms with Gasteiger partial charge in [0.2, 0.25) is 11.8 Å². The van der Waals surface area contributed by atoms with Crippen LogP contribution >= 0.6 is 0 Å². The van der Waals surface area contributed by atoms with E-state index in [2.05, 4.69) is 5.32 Å². The molecule has 0 aliphatic carbocycles. The Morgan fingerprint density at radius 2 is 1.63 bits per heavy atom. The minimum Gasteiger partial charge on any atom is -0.341 e. The van der Waals surface area contributed by atoms with E-state index >= 15 is 0 Å². The number of carbonyl (C=O) groups excluding carboxylic acids is 2. The lowest BCUT2D eigenvalue weighted by molar-refractivity contribution is -0.384. The Balaban J connectivity index is 1.53. The molecule has 1 aliphatic rings. The van der Waals surface area contributed by atoms with Gasteiger partial charge in [0.05, 0.1) is 9.82 Å². The van der Waals surface area contributed by atoms with E-state index < -0.39 is 26.4 Å². The molecule has 35 heavy (non-hydrogen) atoms. The topological polar surface area (TPSA) is 132 Å². The number of amides is 2. The van der Waals surface area contributed by atoms with Gasteiger partial charge in [-0.15, -0.1) is 0 Å². The number of benzene rings is 2. The molecule has 0 unspecified atom stereocenters. The number of carbonyl (C=O) groups is 2. The van der Waals surface area contributed by atoms with Crippen molar-refractivity contribution in [3.8, 4) is 0 Å². The summed E-state index contributed by atoms with van der Waals surface area (Å²) < 4.78 is 28.0. The number of likely N-dealkylation sites (tertiary alicyclic amines) is 1. The number of nitro groups is 1. The van der Waals surface area contributed by atoms with E-state index in [1.54, 1.807) is 28.8 Å². The molecule has 0 radical (unpaired) electrons. The fourth-order valence-electron chi connectivity index (χ4n) is 4.27. The number of non-ortho nitro benzene ring substituents is 1. The molecule has 4 rings (SSSR count). The van der Waals surface area contributed by atoms with E-state index in [0.29, 0.717) is 24.0 Å². The molecule has 1 N–H and O–H groups in total. The van der Waals surface area contributed by atoms with Crippen molar-refractivity contribution in [3.63, 3.8) is 0 Å². The van der Waals surface area contributed by atoms with E-state index in [1.807, 2.05) is 4.90 Å². The molecule has 2 heterocycles. The molecule has 0 saturated carbocycles. The van der Waals surface area contributed by atoms with Gasteiger partial charge >= 0.3 is 0 Å². The van der Waals surface area contributed by atoms with Gasteiger partial charge in [-0.05, 0) is 31.0 Å². The summed E-state index contributed by atoms with van der Waals surface area (Å²) in [6.07, 6.45) is 5.54. The molecule has 2 aromatic carbocycles. The van der Waals surface area contributed by atoms with Gasteiger partial charge in [-0.2, -0.15) is 0 Å². The van der Waals surface area contributed by atoms with Gasteiger partial charge in [0.25, 0.3) is 5.69 Å². The fraction of sp³-hybridized carbons (Fsp3) is 0.333. The van der Waals surface area contributed by atoms with Crippen LogP contribution < -0.4 is 5.32 Å². The lowest BCUT2D eigenvalue weighted by atomic mass is 10.2. The lowest BCUT2D eigenvalue weighted by Crippen LogP contribution is -2.34. The lowest BCUT2D eigenvalue weighted by Gasteiger charge is -2.20. The van der Waals surface area contributed by atoms with Gasteiger partial charge in [-0.3, -0.25) is 19.7 Å². The van der Waals surface area contributed by atoms with Crippen molar-refractivity contribution in [1.82, 2.24) is 9.47 Å². The number of rotatable bonds is 7. The third kappa shape index (κ3) is 5.68. The van der Waals surface area contributed by atoms with Crippen molar-refractivity contribution >= 4 is 43.9 Å². The van der Waals surface area contributed by atoms with Gasteiger partial charge in [-0.1, -0.05) is 31.0 Å². The summed E-state index contributed by atoms with van der Waals surface area (Å²) in [6.45, 7) is 1.42. The summed E-state index contributed by atoms with van der Waals surface area (Å²) in [7, 11) is -4.04. The minimum atomic E-state index is -4.04. The molecule has 1 aliphatic heterocycles. The zero-order valence-corrected chi connectivity index (χ0v) is 19.9. The summed E-state index contributed by atoms with van der Waals surface area (Å²) in [4.78, 5) is 37.4. The highest BCUT2D eigenvalue weighted by Gasteiger charge is 2.26. The van der Waals surface area contributed by atoms with E-state index in [9.17, 15) is 28.1 Å². The number of fused-ring (bicyclic) bond motifs is 1. The smallest absolute Gasteiger partial charge is 0.269 e. The average molecular weight is 499 g/mol. The zero-order chi connectivity index (χ0) is 25.0. The van der Waals surface area contributed by atoms with Crippen LogP contribution in [0.3, 0.4) is 0 Å². The highest BCUT2D eigenvalue weighted by atomic mass is 32.2. The van der Waals surface area contributed by atoms with E-state index in [-0.39, 0.29) is 28.7 Å². The van der Waals surface area contributed by atoms with Crippen molar-refractivity contribution in [2.45, 2.75) is 37.1 Å².